The molecule has 2 N–H and O–H groups in total. The molecule has 0 aromatic carbocycles. The van der Waals surface area contributed by atoms with Gasteiger partial charge in [-0.2, -0.15) is 4.98 Å². The minimum atomic E-state index is -2.03. The van der Waals surface area contributed by atoms with Gasteiger partial charge < -0.3 is 19.9 Å². The Morgan fingerprint density at radius 2 is 2.16 bits per heavy atom. The molecule has 1 fully saturated rings. The number of rotatable bonds is 6. The normalized spacial score (nSPS) is 22.8. The summed E-state index contributed by atoms with van der Waals surface area (Å²) in [7, 11) is 0. The van der Waals surface area contributed by atoms with Crippen molar-refractivity contribution in [1.29, 1.82) is 0 Å². The number of anilines is 1. The summed E-state index contributed by atoms with van der Waals surface area (Å²) in [5.74, 6) is -1.62. The quantitative estimate of drug-likeness (QED) is 0.534. The van der Waals surface area contributed by atoms with Gasteiger partial charge in [0.25, 0.3) is 0 Å². The first kappa shape index (κ1) is 21.9. The highest BCUT2D eigenvalue weighted by molar-refractivity contribution is 7.09. The predicted octanol–water partition coefficient (Wildman–Crippen LogP) is 1.36. The van der Waals surface area contributed by atoms with Crippen molar-refractivity contribution >= 4 is 40.4 Å². The second-order valence-electron chi connectivity index (χ2n) is 7.01. The number of hydrogen-bond acceptors (Lipinski definition) is 10. The number of thiophene rings is 1. The van der Waals surface area contributed by atoms with Gasteiger partial charge in [0.1, 0.15) is 5.52 Å². The third-order valence-corrected chi connectivity index (χ3v) is 5.70. The molecule has 4 rings (SSSR count). The fourth-order valence-electron chi connectivity index (χ4n) is 3.44. The monoisotopic (exact) mass is 465 g/mol. The average molecular weight is 465 g/mol. The zero-order valence-corrected chi connectivity index (χ0v) is 18.0. The van der Waals surface area contributed by atoms with Crippen LogP contribution in [0.5, 0.6) is 0 Å². The van der Waals surface area contributed by atoms with Crippen LogP contribution in [0.4, 0.5) is 10.3 Å². The van der Waals surface area contributed by atoms with Crippen LogP contribution in [0, 0.1) is 0 Å². The number of halogens is 1. The maximum absolute atomic E-state index is 15.1. The molecule has 13 heteroatoms. The number of esters is 2. The number of alkyl halides is 1. The van der Waals surface area contributed by atoms with Crippen LogP contribution < -0.4 is 11.4 Å². The molecule has 1 aliphatic rings. The Hall–Kier alpha value is -3.32. The van der Waals surface area contributed by atoms with Gasteiger partial charge in [-0.3, -0.25) is 14.2 Å². The minimum Gasteiger partial charge on any atom is -0.454 e. The number of imidazole rings is 1. The molecule has 170 valence electrons. The van der Waals surface area contributed by atoms with Crippen LogP contribution in [-0.4, -0.2) is 49.6 Å². The second kappa shape index (κ2) is 8.67. The highest BCUT2D eigenvalue weighted by Gasteiger charge is 2.51. The number of aromatic nitrogens is 4. The Bertz CT molecular complexity index is 1210. The summed E-state index contributed by atoms with van der Waals surface area (Å²) in [5, 5.41) is 1.87. The van der Waals surface area contributed by atoms with Gasteiger partial charge >= 0.3 is 17.6 Å². The average Bonchev–Trinajstić information content (AvgIpc) is 3.42. The van der Waals surface area contributed by atoms with Gasteiger partial charge in [-0.25, -0.2) is 18.7 Å². The zero-order valence-electron chi connectivity index (χ0n) is 17.1. The molecule has 0 radical (unpaired) electrons. The smallest absolute Gasteiger partial charge is 0.333 e. The minimum absolute atomic E-state index is 0.0146. The molecule has 0 spiro atoms. The Balaban J connectivity index is 1.83. The lowest BCUT2D eigenvalue weighted by molar-refractivity contribution is -0.188. The number of nitrogens with two attached hydrogens (primary N) is 1. The lowest BCUT2D eigenvalue weighted by Gasteiger charge is -2.19. The Labute approximate surface area is 184 Å². The first-order valence-electron chi connectivity index (χ1n) is 9.72. The Morgan fingerprint density at radius 3 is 2.81 bits per heavy atom. The number of carbonyl (C=O) groups excluding carboxylic acids is 2. The van der Waals surface area contributed by atoms with Crippen LogP contribution in [0.3, 0.4) is 0 Å². The first-order chi connectivity index (χ1) is 15.3. The largest absolute Gasteiger partial charge is 0.454 e. The molecule has 1 aliphatic heterocycles. The topological polar surface area (TPSA) is 141 Å². The van der Waals surface area contributed by atoms with E-state index in [-0.39, 0.29) is 24.6 Å². The summed E-state index contributed by atoms with van der Waals surface area (Å²) >= 11 is 1.45. The van der Waals surface area contributed by atoms with E-state index in [0.717, 1.165) is 16.4 Å². The fourth-order valence-corrected chi connectivity index (χ4v) is 4.13. The fraction of sp³-hybridized carbons (Fsp3) is 0.421. The third kappa shape index (κ3) is 3.96. The highest BCUT2D eigenvalue weighted by atomic mass is 32.1. The molecule has 0 aliphatic carbocycles. The van der Waals surface area contributed by atoms with E-state index in [1.54, 1.807) is 0 Å². The molecule has 0 bridgehead atoms. The zero-order chi connectivity index (χ0) is 23.0. The molecule has 0 saturated carbocycles. The van der Waals surface area contributed by atoms with Crippen LogP contribution in [0.15, 0.2) is 28.5 Å². The molecule has 11 nitrogen and oxygen atoms in total. The van der Waals surface area contributed by atoms with Crippen LogP contribution in [0.25, 0.3) is 11.2 Å². The first-order valence-corrected chi connectivity index (χ1v) is 10.6. The number of nitrogens with zero attached hydrogens (tertiary/aromatic N) is 4. The van der Waals surface area contributed by atoms with Crippen molar-refractivity contribution in [2.45, 2.75) is 51.6 Å². The lowest BCUT2D eigenvalue weighted by Crippen LogP contribution is -2.37. The van der Waals surface area contributed by atoms with Crippen LogP contribution in [0.2, 0.25) is 0 Å². The van der Waals surface area contributed by atoms with Crippen molar-refractivity contribution in [2.75, 3.05) is 5.73 Å². The molecule has 4 heterocycles. The molecular weight excluding hydrogens is 445 g/mol. The Kier molecular flexibility index (Phi) is 5.93. The lowest BCUT2D eigenvalue weighted by atomic mass is 10.2. The van der Waals surface area contributed by atoms with Gasteiger partial charge in [-0.1, -0.05) is 13.0 Å². The van der Waals surface area contributed by atoms with Crippen molar-refractivity contribution in [3.05, 3.63) is 39.1 Å². The summed E-state index contributed by atoms with van der Waals surface area (Å²) < 4.78 is 33.2. The number of ether oxygens (including phenoxy) is 3. The molecule has 3 aromatic rings. The molecule has 4 atom stereocenters. The van der Waals surface area contributed by atoms with Crippen molar-refractivity contribution in [1.82, 2.24) is 19.1 Å². The van der Waals surface area contributed by atoms with Crippen molar-refractivity contribution in [3.8, 4) is 0 Å². The maximum Gasteiger partial charge on any atom is 0.333 e. The van der Waals surface area contributed by atoms with Crippen LogP contribution >= 0.6 is 11.3 Å². The summed E-state index contributed by atoms with van der Waals surface area (Å²) in [4.78, 5) is 45.7. The highest BCUT2D eigenvalue weighted by Crippen LogP contribution is 2.35. The number of nitrogen functional groups attached to an aromatic ring is 1. The Morgan fingerprint density at radius 1 is 1.38 bits per heavy atom. The van der Waals surface area contributed by atoms with Crippen molar-refractivity contribution in [2.24, 2.45) is 0 Å². The predicted molar refractivity (Wildman–Crippen MR) is 110 cm³/mol. The third-order valence-electron chi connectivity index (χ3n) is 4.84. The van der Waals surface area contributed by atoms with E-state index in [9.17, 15) is 14.4 Å². The second-order valence-corrected chi connectivity index (χ2v) is 8.04. The molecule has 32 heavy (non-hydrogen) atoms. The van der Waals surface area contributed by atoms with Gasteiger partial charge in [-0.15, -0.1) is 11.3 Å². The number of carbonyl (C=O) groups is 2. The molecule has 3 aromatic heterocycles. The molecular formula is C19H20FN5O6S. The van der Waals surface area contributed by atoms with Gasteiger partial charge in [0.05, 0.1) is 12.7 Å². The van der Waals surface area contributed by atoms with E-state index in [2.05, 4.69) is 9.97 Å². The molecule has 0 amide bonds. The van der Waals surface area contributed by atoms with Crippen molar-refractivity contribution in [3.63, 3.8) is 0 Å². The molecule has 0 unspecified atom stereocenters. The van der Waals surface area contributed by atoms with Crippen LogP contribution in [0.1, 0.15) is 31.4 Å². The van der Waals surface area contributed by atoms with Gasteiger partial charge in [-0.05, 0) is 11.4 Å². The van der Waals surface area contributed by atoms with E-state index in [4.69, 9.17) is 19.9 Å². The van der Waals surface area contributed by atoms with E-state index in [0.29, 0.717) is 5.52 Å². The van der Waals surface area contributed by atoms with E-state index in [1.165, 1.54) is 29.0 Å². The van der Waals surface area contributed by atoms with E-state index >= 15 is 4.39 Å². The SMILES string of the molecule is CCC(=O)O[C@H]1O[C@@H](n2c(=O)n(Cc3cccs3)c3cnc(N)nc32)[C@H](OC(C)=O)[C@H]1F. The maximum atomic E-state index is 15.1. The number of hydrogen-bond donors (Lipinski definition) is 1. The van der Waals surface area contributed by atoms with Gasteiger partial charge in [0, 0.05) is 18.2 Å². The van der Waals surface area contributed by atoms with Crippen molar-refractivity contribution < 1.29 is 28.2 Å². The standard InChI is InChI=1S/C19H20FN5O6S/c1-3-12(27)30-17-13(20)14(29-9(2)26)16(31-17)25-15-11(7-22-18(21)23-15)24(19(25)28)8-10-5-4-6-32-10/h4-7,13-14,16-17H,3,8H2,1-2H3,(H2,21,22,23)/t13-,14-,16-,17+/m1/s1. The van der Waals surface area contributed by atoms with E-state index < -0.39 is 42.4 Å². The van der Waals surface area contributed by atoms with Gasteiger partial charge in [0.15, 0.2) is 18.0 Å². The summed E-state index contributed by atoms with van der Waals surface area (Å²) in [6.45, 7) is 2.83. The summed E-state index contributed by atoms with van der Waals surface area (Å²) in [5.41, 5.74) is 5.51. The molecule has 1 saturated heterocycles. The van der Waals surface area contributed by atoms with Gasteiger partial charge in [0.2, 0.25) is 18.4 Å². The summed E-state index contributed by atoms with van der Waals surface area (Å²) in [6.07, 6.45) is -5.34. The number of fused-ring (bicyclic) bond motifs is 1. The summed E-state index contributed by atoms with van der Waals surface area (Å²) in [6, 6.07) is 3.69. The van der Waals surface area contributed by atoms with E-state index in [1.807, 2.05) is 17.5 Å². The van der Waals surface area contributed by atoms with Crippen LogP contribution in [-0.2, 0) is 30.3 Å².